The van der Waals surface area contributed by atoms with Crippen molar-refractivity contribution in [3.05, 3.63) is 34.7 Å². The number of rotatable bonds is 4. The van der Waals surface area contributed by atoms with E-state index in [1.807, 2.05) is 24.4 Å². The maximum Gasteiger partial charge on any atom is 0.313 e. The van der Waals surface area contributed by atoms with E-state index in [0.717, 1.165) is 15.6 Å². The highest BCUT2D eigenvalue weighted by Crippen LogP contribution is 2.33. The minimum Gasteiger partial charge on any atom is -0.481 e. The minimum absolute atomic E-state index is 0.0912. The quantitative estimate of drug-likeness (QED) is 0.922. The van der Waals surface area contributed by atoms with Crippen molar-refractivity contribution in [2.24, 2.45) is 5.41 Å². The summed E-state index contributed by atoms with van der Waals surface area (Å²) in [7, 11) is 1.50. The van der Waals surface area contributed by atoms with Gasteiger partial charge in [-0.2, -0.15) is 0 Å². The smallest absolute Gasteiger partial charge is 0.313 e. The van der Waals surface area contributed by atoms with Crippen LogP contribution in [0.3, 0.4) is 0 Å². The molecule has 3 rings (SSSR count). The molecule has 128 valence electrons. The highest BCUT2D eigenvalue weighted by molar-refractivity contribution is 7.17. The van der Waals surface area contributed by atoms with Crippen molar-refractivity contribution in [3.8, 4) is 0 Å². The molecule has 2 heterocycles. The van der Waals surface area contributed by atoms with Crippen LogP contribution in [0.4, 0.5) is 0 Å². The largest absolute Gasteiger partial charge is 0.481 e. The van der Waals surface area contributed by atoms with Gasteiger partial charge < -0.3 is 14.7 Å². The maximum absolute atomic E-state index is 13.0. The van der Waals surface area contributed by atoms with E-state index in [4.69, 9.17) is 4.74 Å². The fraction of sp³-hybridized carbons (Fsp3) is 0.444. The number of carbonyl (C=O) groups excluding carboxylic acids is 1. The van der Waals surface area contributed by atoms with Crippen LogP contribution in [0, 0.1) is 12.3 Å². The molecule has 5 nitrogen and oxygen atoms in total. The third kappa shape index (κ3) is 2.91. The number of aliphatic carboxylic acids is 1. The zero-order valence-corrected chi connectivity index (χ0v) is 14.7. The zero-order chi connectivity index (χ0) is 17.3. The Morgan fingerprint density at radius 2 is 2.21 bits per heavy atom. The average Bonchev–Trinajstić information content (AvgIpc) is 2.97. The van der Waals surface area contributed by atoms with E-state index in [0.29, 0.717) is 24.9 Å². The fourth-order valence-corrected chi connectivity index (χ4v) is 4.44. The van der Waals surface area contributed by atoms with Crippen molar-refractivity contribution >= 4 is 33.3 Å². The van der Waals surface area contributed by atoms with Gasteiger partial charge in [0.15, 0.2) is 0 Å². The summed E-state index contributed by atoms with van der Waals surface area (Å²) < 4.78 is 6.21. The number of piperidine rings is 1. The van der Waals surface area contributed by atoms with E-state index in [9.17, 15) is 14.7 Å². The molecule has 1 N–H and O–H groups in total. The average molecular weight is 347 g/mol. The van der Waals surface area contributed by atoms with Crippen molar-refractivity contribution in [1.82, 2.24) is 4.90 Å². The molecule has 24 heavy (non-hydrogen) atoms. The lowest BCUT2D eigenvalue weighted by Gasteiger charge is -2.39. The second-order valence-electron chi connectivity index (χ2n) is 6.50. The number of ether oxygens (including phenoxy) is 1. The molecule has 1 aromatic heterocycles. The molecule has 1 aliphatic heterocycles. The molecule has 1 atom stereocenters. The molecule has 1 aliphatic rings. The van der Waals surface area contributed by atoms with E-state index in [2.05, 4.69) is 6.07 Å². The normalized spacial score (nSPS) is 21.2. The molecule has 1 amide bonds. The number of fused-ring (bicyclic) bond motifs is 1. The Bertz CT molecular complexity index is 780. The van der Waals surface area contributed by atoms with Crippen molar-refractivity contribution in [1.29, 1.82) is 0 Å². The number of amides is 1. The number of aryl methyl sites for hydroxylation is 1. The first-order valence-corrected chi connectivity index (χ1v) is 8.84. The van der Waals surface area contributed by atoms with Crippen LogP contribution in [0.1, 0.15) is 28.8 Å². The number of hydrogen-bond acceptors (Lipinski definition) is 4. The van der Waals surface area contributed by atoms with Crippen LogP contribution >= 0.6 is 11.3 Å². The molecule has 1 saturated heterocycles. The van der Waals surface area contributed by atoms with E-state index >= 15 is 0 Å². The lowest BCUT2D eigenvalue weighted by molar-refractivity contribution is -0.155. The van der Waals surface area contributed by atoms with Crippen LogP contribution in [0.25, 0.3) is 10.1 Å². The summed E-state index contributed by atoms with van der Waals surface area (Å²) in [6.45, 7) is 2.92. The van der Waals surface area contributed by atoms with Gasteiger partial charge in [0.1, 0.15) is 5.41 Å². The number of likely N-dealkylation sites (tertiary alicyclic amines) is 1. The predicted molar refractivity (Wildman–Crippen MR) is 93.6 cm³/mol. The molecule has 0 aliphatic carbocycles. The van der Waals surface area contributed by atoms with Gasteiger partial charge in [-0.1, -0.05) is 12.1 Å². The molecule has 6 heteroatoms. The van der Waals surface area contributed by atoms with Crippen LogP contribution in [-0.4, -0.2) is 48.7 Å². The Hall–Kier alpha value is -1.92. The first-order chi connectivity index (χ1) is 11.5. The summed E-state index contributed by atoms with van der Waals surface area (Å²) in [5.74, 6) is -0.987. The van der Waals surface area contributed by atoms with Crippen LogP contribution in [0.15, 0.2) is 23.6 Å². The second-order valence-corrected chi connectivity index (χ2v) is 7.41. The summed E-state index contributed by atoms with van der Waals surface area (Å²) in [5.41, 5.74) is 0.811. The van der Waals surface area contributed by atoms with Gasteiger partial charge in [-0.15, -0.1) is 11.3 Å². The van der Waals surface area contributed by atoms with Crippen molar-refractivity contribution < 1.29 is 19.4 Å². The Morgan fingerprint density at radius 3 is 2.92 bits per heavy atom. The van der Waals surface area contributed by atoms with Crippen molar-refractivity contribution in [2.75, 3.05) is 26.8 Å². The van der Waals surface area contributed by atoms with Gasteiger partial charge in [-0.3, -0.25) is 9.59 Å². The van der Waals surface area contributed by atoms with Crippen LogP contribution in [0.2, 0.25) is 0 Å². The minimum atomic E-state index is -1.01. The SMILES string of the molecule is COCC1(C(=O)O)CCCN(C(=O)c2csc3cc(C)ccc23)C1. The van der Waals surface area contributed by atoms with Crippen LogP contribution < -0.4 is 0 Å². The molecule has 0 spiro atoms. The van der Waals surface area contributed by atoms with Gasteiger partial charge in [0, 0.05) is 35.7 Å². The van der Waals surface area contributed by atoms with Crippen molar-refractivity contribution in [2.45, 2.75) is 19.8 Å². The first kappa shape index (κ1) is 16.9. The fourth-order valence-electron chi connectivity index (χ4n) is 3.41. The third-order valence-electron chi connectivity index (χ3n) is 4.70. The van der Waals surface area contributed by atoms with Crippen LogP contribution in [0.5, 0.6) is 0 Å². The highest BCUT2D eigenvalue weighted by Gasteiger charge is 2.44. The Morgan fingerprint density at radius 1 is 1.42 bits per heavy atom. The molecule has 1 unspecified atom stereocenters. The van der Waals surface area contributed by atoms with Gasteiger partial charge in [-0.05, 0) is 31.4 Å². The monoisotopic (exact) mass is 347 g/mol. The van der Waals surface area contributed by atoms with Crippen molar-refractivity contribution in [3.63, 3.8) is 0 Å². The summed E-state index contributed by atoms with van der Waals surface area (Å²) in [4.78, 5) is 26.4. The number of carboxylic acid groups (broad SMARTS) is 1. The van der Waals surface area contributed by atoms with Gasteiger partial charge in [0.2, 0.25) is 0 Å². The second kappa shape index (κ2) is 6.53. The standard InChI is InChI=1S/C18H21NO4S/c1-12-4-5-13-14(9-24-15(13)8-12)16(20)19-7-3-6-18(10-19,11-23-2)17(21)22/h4-5,8-9H,3,6-7,10-11H2,1-2H3,(H,21,22). The zero-order valence-electron chi connectivity index (χ0n) is 13.9. The van der Waals surface area contributed by atoms with E-state index in [-0.39, 0.29) is 19.1 Å². The number of carbonyl (C=O) groups is 2. The number of carboxylic acids is 1. The summed E-state index contributed by atoms with van der Waals surface area (Å²) in [6, 6.07) is 6.03. The number of thiophene rings is 1. The number of benzene rings is 1. The molecule has 0 saturated carbocycles. The van der Waals surface area contributed by atoms with E-state index in [1.165, 1.54) is 7.11 Å². The molecular weight excluding hydrogens is 326 g/mol. The predicted octanol–water partition coefficient (Wildman–Crippen LogP) is 3.16. The Kier molecular flexibility index (Phi) is 4.60. The maximum atomic E-state index is 13.0. The number of hydrogen-bond donors (Lipinski definition) is 1. The number of nitrogens with zero attached hydrogens (tertiary/aromatic N) is 1. The first-order valence-electron chi connectivity index (χ1n) is 7.96. The van der Waals surface area contributed by atoms with E-state index < -0.39 is 11.4 Å². The molecule has 1 aromatic carbocycles. The Balaban J connectivity index is 1.90. The van der Waals surface area contributed by atoms with Gasteiger partial charge >= 0.3 is 5.97 Å². The lowest BCUT2D eigenvalue weighted by Crippen LogP contribution is -2.52. The molecule has 2 aromatic rings. The summed E-state index contributed by atoms with van der Waals surface area (Å²) in [6.07, 6.45) is 1.20. The van der Waals surface area contributed by atoms with Gasteiger partial charge in [-0.25, -0.2) is 0 Å². The number of methoxy groups -OCH3 is 1. The summed E-state index contributed by atoms with van der Waals surface area (Å²) in [5, 5.41) is 12.4. The van der Waals surface area contributed by atoms with Gasteiger partial charge in [0.25, 0.3) is 5.91 Å². The van der Waals surface area contributed by atoms with Gasteiger partial charge in [0.05, 0.1) is 12.2 Å². The Labute approximate surface area is 144 Å². The third-order valence-corrected chi connectivity index (χ3v) is 5.65. The molecule has 0 radical (unpaired) electrons. The summed E-state index contributed by atoms with van der Waals surface area (Å²) >= 11 is 1.55. The van der Waals surface area contributed by atoms with E-state index in [1.54, 1.807) is 16.2 Å². The molecule has 1 fully saturated rings. The molecular formula is C18H21NO4S. The highest BCUT2D eigenvalue weighted by atomic mass is 32.1. The molecule has 0 bridgehead atoms. The lowest BCUT2D eigenvalue weighted by atomic mass is 9.80. The van der Waals surface area contributed by atoms with Crippen LogP contribution in [-0.2, 0) is 9.53 Å². The topological polar surface area (TPSA) is 66.8 Å².